The van der Waals surface area contributed by atoms with Crippen LogP contribution >= 0.6 is 0 Å². The van der Waals surface area contributed by atoms with Crippen LogP contribution < -0.4 is 10.3 Å². The standard InChI is InChI=1S/C23H14F2N2O3/c1-12-7-8-26-18(9-12)27-20(13-3-2-4-14(24)10-13)19-21(28)16-11-15(25)5-6-17(16)30-22(19)23(27)29/h2-11,20H,1H3. The molecule has 0 saturated carbocycles. The van der Waals surface area contributed by atoms with Gasteiger partial charge in [0.2, 0.25) is 5.76 Å². The average molecular weight is 404 g/mol. The zero-order valence-corrected chi connectivity index (χ0v) is 15.7. The van der Waals surface area contributed by atoms with Crippen molar-refractivity contribution < 1.29 is 18.0 Å². The fourth-order valence-electron chi connectivity index (χ4n) is 3.83. The van der Waals surface area contributed by atoms with Gasteiger partial charge in [-0.2, -0.15) is 0 Å². The summed E-state index contributed by atoms with van der Waals surface area (Å²) in [6.07, 6.45) is 1.55. The molecule has 0 radical (unpaired) electrons. The van der Waals surface area contributed by atoms with Crippen LogP contribution in [0.2, 0.25) is 0 Å². The molecule has 5 nitrogen and oxygen atoms in total. The fourth-order valence-corrected chi connectivity index (χ4v) is 3.83. The van der Waals surface area contributed by atoms with E-state index >= 15 is 0 Å². The molecule has 30 heavy (non-hydrogen) atoms. The van der Waals surface area contributed by atoms with E-state index in [4.69, 9.17) is 4.42 Å². The Hall–Kier alpha value is -3.87. The molecule has 1 unspecified atom stereocenters. The number of nitrogens with zero attached hydrogens (tertiary/aromatic N) is 2. The SMILES string of the molecule is Cc1ccnc(N2C(=O)c3oc4ccc(F)cc4c(=O)c3C2c2cccc(F)c2)c1. The van der Waals surface area contributed by atoms with E-state index in [0.29, 0.717) is 11.4 Å². The molecule has 1 amide bonds. The van der Waals surface area contributed by atoms with Crippen LogP contribution in [0.4, 0.5) is 14.6 Å². The Labute approximate surface area is 169 Å². The summed E-state index contributed by atoms with van der Waals surface area (Å²) in [5, 5.41) is 0.0157. The van der Waals surface area contributed by atoms with Crippen LogP contribution in [0.3, 0.4) is 0 Å². The first-order valence-electron chi connectivity index (χ1n) is 9.22. The number of aryl methyl sites for hydroxylation is 1. The number of rotatable bonds is 2. The zero-order chi connectivity index (χ0) is 21.0. The molecule has 5 rings (SSSR count). The van der Waals surface area contributed by atoms with E-state index in [1.807, 2.05) is 6.92 Å². The molecule has 0 spiro atoms. The van der Waals surface area contributed by atoms with Crippen molar-refractivity contribution in [2.45, 2.75) is 13.0 Å². The molecular formula is C23H14F2N2O3. The summed E-state index contributed by atoms with van der Waals surface area (Å²) in [4.78, 5) is 32.2. The van der Waals surface area contributed by atoms with Gasteiger partial charge < -0.3 is 4.42 Å². The van der Waals surface area contributed by atoms with E-state index in [0.717, 1.165) is 17.7 Å². The molecule has 0 bridgehead atoms. The third kappa shape index (κ3) is 2.70. The van der Waals surface area contributed by atoms with Crippen LogP contribution in [0.15, 0.2) is 70.0 Å². The van der Waals surface area contributed by atoms with E-state index in [1.165, 1.54) is 29.2 Å². The molecular weight excluding hydrogens is 390 g/mol. The summed E-state index contributed by atoms with van der Waals surface area (Å²) in [5.74, 6) is -1.53. The molecule has 0 N–H and O–H groups in total. The summed E-state index contributed by atoms with van der Waals surface area (Å²) in [6, 6.07) is 11.7. The van der Waals surface area contributed by atoms with Gasteiger partial charge in [0, 0.05) is 6.20 Å². The molecule has 0 aliphatic carbocycles. The minimum Gasteiger partial charge on any atom is -0.450 e. The van der Waals surface area contributed by atoms with Crippen LogP contribution in [0.25, 0.3) is 11.0 Å². The minimum absolute atomic E-state index is 0.0157. The van der Waals surface area contributed by atoms with E-state index in [-0.39, 0.29) is 22.3 Å². The van der Waals surface area contributed by atoms with E-state index in [1.54, 1.807) is 24.4 Å². The molecule has 4 aromatic rings. The Kier molecular flexibility index (Phi) is 3.99. The minimum atomic E-state index is -0.957. The van der Waals surface area contributed by atoms with E-state index in [9.17, 15) is 18.4 Å². The lowest BCUT2D eigenvalue weighted by Gasteiger charge is -2.24. The number of anilines is 1. The number of fused-ring (bicyclic) bond motifs is 2. The Morgan fingerprint density at radius 3 is 2.57 bits per heavy atom. The average Bonchev–Trinajstić information content (AvgIpc) is 3.01. The highest BCUT2D eigenvalue weighted by Gasteiger charge is 2.44. The maximum Gasteiger partial charge on any atom is 0.296 e. The molecule has 2 aromatic carbocycles. The Bertz CT molecular complexity index is 1400. The topological polar surface area (TPSA) is 63.4 Å². The van der Waals surface area contributed by atoms with Crippen molar-refractivity contribution in [2.75, 3.05) is 4.90 Å². The number of benzene rings is 2. The second kappa shape index (κ2) is 6.59. The van der Waals surface area contributed by atoms with E-state index < -0.39 is 29.0 Å². The number of pyridine rings is 1. The number of carbonyl (C=O) groups is 1. The van der Waals surface area contributed by atoms with Crippen molar-refractivity contribution >= 4 is 22.7 Å². The summed E-state index contributed by atoms with van der Waals surface area (Å²) < 4.78 is 33.5. The van der Waals surface area contributed by atoms with Crippen molar-refractivity contribution in [1.82, 2.24) is 4.98 Å². The van der Waals surface area contributed by atoms with Gasteiger partial charge in [0.05, 0.1) is 17.0 Å². The smallest absolute Gasteiger partial charge is 0.296 e. The molecule has 3 heterocycles. The predicted octanol–water partition coefficient (Wildman–Crippen LogP) is 4.52. The summed E-state index contributed by atoms with van der Waals surface area (Å²) in [7, 11) is 0. The number of hydrogen-bond acceptors (Lipinski definition) is 4. The zero-order valence-electron chi connectivity index (χ0n) is 15.7. The van der Waals surface area contributed by atoms with Crippen LogP contribution in [0, 0.1) is 18.6 Å². The number of hydrogen-bond donors (Lipinski definition) is 0. The van der Waals surface area contributed by atoms with Crippen molar-refractivity contribution in [3.8, 4) is 0 Å². The van der Waals surface area contributed by atoms with Gasteiger partial charge in [0.15, 0.2) is 5.43 Å². The van der Waals surface area contributed by atoms with Crippen LogP contribution in [-0.2, 0) is 0 Å². The highest BCUT2D eigenvalue weighted by molar-refractivity contribution is 6.10. The number of amides is 1. The Balaban J connectivity index is 1.84. The van der Waals surface area contributed by atoms with E-state index in [2.05, 4.69) is 4.98 Å². The normalized spacial score (nSPS) is 15.6. The molecule has 0 saturated heterocycles. The second-order valence-electron chi connectivity index (χ2n) is 7.14. The van der Waals surface area contributed by atoms with Crippen molar-refractivity contribution in [2.24, 2.45) is 0 Å². The second-order valence-corrected chi connectivity index (χ2v) is 7.14. The number of halogens is 2. The number of carbonyl (C=O) groups excluding carboxylic acids is 1. The summed E-state index contributed by atoms with van der Waals surface area (Å²) in [5.41, 5.74) is 0.836. The Morgan fingerprint density at radius 2 is 1.80 bits per heavy atom. The third-order valence-corrected chi connectivity index (χ3v) is 5.14. The summed E-state index contributed by atoms with van der Waals surface area (Å²) in [6.45, 7) is 1.84. The van der Waals surface area contributed by atoms with Crippen molar-refractivity contribution in [3.63, 3.8) is 0 Å². The van der Waals surface area contributed by atoms with Gasteiger partial charge in [-0.3, -0.25) is 14.5 Å². The molecule has 1 atom stereocenters. The molecule has 1 aliphatic rings. The van der Waals surface area contributed by atoms with Crippen LogP contribution in [0.5, 0.6) is 0 Å². The summed E-state index contributed by atoms with van der Waals surface area (Å²) >= 11 is 0. The van der Waals surface area contributed by atoms with Gasteiger partial charge in [0.25, 0.3) is 5.91 Å². The first kappa shape index (κ1) is 18.2. The number of aromatic nitrogens is 1. The monoisotopic (exact) mass is 404 g/mol. The van der Waals surface area contributed by atoms with Gasteiger partial charge in [-0.25, -0.2) is 13.8 Å². The predicted molar refractivity (Wildman–Crippen MR) is 106 cm³/mol. The maximum atomic E-state index is 14.0. The highest BCUT2D eigenvalue weighted by atomic mass is 19.1. The van der Waals surface area contributed by atoms with Crippen LogP contribution in [0.1, 0.15) is 33.3 Å². The van der Waals surface area contributed by atoms with Gasteiger partial charge in [-0.05, 0) is 60.5 Å². The fraction of sp³-hybridized carbons (Fsp3) is 0.0870. The van der Waals surface area contributed by atoms with Crippen molar-refractivity contribution in [3.05, 3.63) is 105 Å². The largest absolute Gasteiger partial charge is 0.450 e. The van der Waals surface area contributed by atoms with Crippen LogP contribution in [-0.4, -0.2) is 10.9 Å². The lowest BCUT2D eigenvalue weighted by molar-refractivity contribution is 0.0970. The molecule has 0 fully saturated rings. The molecule has 148 valence electrons. The Morgan fingerprint density at radius 1 is 1.00 bits per heavy atom. The molecule has 1 aliphatic heterocycles. The van der Waals surface area contributed by atoms with Gasteiger partial charge in [-0.15, -0.1) is 0 Å². The maximum absolute atomic E-state index is 14.0. The first-order valence-corrected chi connectivity index (χ1v) is 9.22. The van der Waals surface area contributed by atoms with Crippen molar-refractivity contribution in [1.29, 1.82) is 0 Å². The first-order chi connectivity index (χ1) is 14.4. The van der Waals surface area contributed by atoms with Gasteiger partial charge >= 0.3 is 0 Å². The highest BCUT2D eigenvalue weighted by Crippen LogP contribution is 2.40. The lowest BCUT2D eigenvalue weighted by atomic mass is 9.98. The third-order valence-electron chi connectivity index (χ3n) is 5.14. The van der Waals surface area contributed by atoms with Gasteiger partial charge in [-0.1, -0.05) is 12.1 Å². The molecule has 7 heteroatoms. The quantitative estimate of drug-likeness (QED) is 0.493. The molecule has 2 aromatic heterocycles. The lowest BCUT2D eigenvalue weighted by Crippen LogP contribution is -2.30. The van der Waals surface area contributed by atoms with Gasteiger partial charge in [0.1, 0.15) is 23.0 Å².